The van der Waals surface area contributed by atoms with E-state index in [1.807, 2.05) is 0 Å². The third-order valence-corrected chi connectivity index (χ3v) is 2.38. The molecule has 0 aliphatic carbocycles. The van der Waals surface area contributed by atoms with Crippen LogP contribution in [0.2, 0.25) is 0 Å². The van der Waals surface area contributed by atoms with E-state index in [2.05, 4.69) is 20.9 Å². The van der Waals surface area contributed by atoms with Gasteiger partial charge in [0, 0.05) is 27.1 Å². The molecule has 0 amide bonds. The van der Waals surface area contributed by atoms with Crippen LogP contribution in [0, 0.1) is 10.1 Å². The maximum atomic E-state index is 12.2. The average Bonchev–Trinajstić information content (AvgIpc) is 2.02. The highest BCUT2D eigenvalue weighted by Crippen LogP contribution is 2.37. The monoisotopic (exact) mass is 272 g/mol. The van der Waals surface area contributed by atoms with Gasteiger partial charge in [-0.25, -0.2) is 0 Å². The summed E-state index contributed by atoms with van der Waals surface area (Å²) >= 11 is 2.60. The van der Waals surface area contributed by atoms with Gasteiger partial charge in [-0.2, -0.15) is 13.2 Å². The number of hydrogen-bond donors (Lipinski definition) is 0. The van der Waals surface area contributed by atoms with Crippen LogP contribution < -0.4 is 0 Å². The van der Waals surface area contributed by atoms with E-state index >= 15 is 0 Å². The summed E-state index contributed by atoms with van der Waals surface area (Å²) in [5, 5.41) is 10.4. The Morgan fingerprint density at radius 1 is 1.64 bits per heavy atom. The highest BCUT2D eigenvalue weighted by Gasteiger charge is 2.47. The third-order valence-electron chi connectivity index (χ3n) is 1.61. The zero-order chi connectivity index (χ0) is 11.0. The zero-order valence-electron chi connectivity index (χ0n) is 6.58. The summed E-state index contributed by atoms with van der Waals surface area (Å²) in [6, 6.07) is 0. The van der Waals surface area contributed by atoms with Crippen LogP contribution in [0.3, 0.4) is 0 Å². The van der Waals surface area contributed by atoms with Crippen molar-refractivity contribution < 1.29 is 18.1 Å². The first kappa shape index (κ1) is 11.2. The van der Waals surface area contributed by atoms with E-state index in [1.54, 1.807) is 0 Å². The van der Waals surface area contributed by atoms with Crippen molar-refractivity contribution in [3.63, 3.8) is 0 Å². The Bertz CT molecular complexity index is 326. The summed E-state index contributed by atoms with van der Waals surface area (Å²) in [6.07, 6.45) is -3.91. The highest BCUT2D eigenvalue weighted by atomic mass is 79.9. The minimum absolute atomic E-state index is 0.586. The summed E-state index contributed by atoms with van der Waals surface area (Å²) < 4.78 is 34.5. The lowest BCUT2D eigenvalue weighted by molar-refractivity contribution is -0.513. The van der Waals surface area contributed by atoms with Gasteiger partial charge >= 0.3 is 10.6 Å². The molecule has 0 saturated heterocycles. The standard InChI is InChI=1S/C6H4BrF3N2O2/c7-5(12(13)14)1-4(2-11-3-5)6(8,9)10/h2-3H,1H2. The molecule has 1 atom stereocenters. The molecule has 0 aromatic carbocycles. The Hall–Kier alpha value is -0.920. The SMILES string of the molecule is O=[N+]([O-])C1(Br)C=NC=C(C(F)(F)F)C1. The minimum atomic E-state index is -4.58. The van der Waals surface area contributed by atoms with Gasteiger partial charge < -0.3 is 0 Å². The molecular weight excluding hydrogens is 269 g/mol. The normalized spacial score (nSPS) is 27.3. The van der Waals surface area contributed by atoms with Gasteiger partial charge in [0.15, 0.2) is 0 Å². The van der Waals surface area contributed by atoms with Gasteiger partial charge in [-0.3, -0.25) is 15.1 Å². The number of aliphatic imine (C=N–C) groups is 1. The largest absolute Gasteiger partial charge is 0.414 e. The summed E-state index contributed by atoms with van der Waals surface area (Å²) in [6.45, 7) is 0. The molecule has 0 bridgehead atoms. The van der Waals surface area contributed by atoms with Gasteiger partial charge in [0.2, 0.25) is 0 Å². The lowest BCUT2D eigenvalue weighted by Gasteiger charge is -2.20. The Morgan fingerprint density at radius 2 is 2.21 bits per heavy atom. The van der Waals surface area contributed by atoms with Gasteiger partial charge in [0.05, 0.1) is 18.2 Å². The molecule has 0 saturated carbocycles. The van der Waals surface area contributed by atoms with Crippen LogP contribution in [0.25, 0.3) is 0 Å². The summed E-state index contributed by atoms with van der Waals surface area (Å²) in [5.74, 6) is 0. The zero-order valence-corrected chi connectivity index (χ0v) is 8.17. The van der Waals surface area contributed by atoms with E-state index < -0.39 is 27.5 Å². The van der Waals surface area contributed by atoms with E-state index in [0.717, 1.165) is 6.21 Å². The minimum Gasteiger partial charge on any atom is -0.263 e. The number of hydrogen-bond acceptors (Lipinski definition) is 3. The molecule has 0 fully saturated rings. The van der Waals surface area contributed by atoms with Crippen molar-refractivity contribution in [3.8, 4) is 0 Å². The van der Waals surface area contributed by atoms with E-state index in [9.17, 15) is 23.3 Å². The molecule has 1 rings (SSSR count). The predicted molar refractivity (Wildman–Crippen MR) is 45.9 cm³/mol. The molecule has 14 heavy (non-hydrogen) atoms. The fraction of sp³-hybridized carbons (Fsp3) is 0.500. The molecule has 0 radical (unpaired) electrons. The van der Waals surface area contributed by atoms with Crippen molar-refractivity contribution in [1.29, 1.82) is 0 Å². The smallest absolute Gasteiger partial charge is 0.263 e. The van der Waals surface area contributed by atoms with Crippen molar-refractivity contribution in [1.82, 2.24) is 0 Å². The van der Waals surface area contributed by atoms with E-state index in [4.69, 9.17) is 0 Å². The Morgan fingerprint density at radius 3 is 2.64 bits per heavy atom. The van der Waals surface area contributed by atoms with Crippen LogP contribution in [-0.4, -0.2) is 21.8 Å². The van der Waals surface area contributed by atoms with Crippen molar-refractivity contribution in [3.05, 3.63) is 21.9 Å². The lowest BCUT2D eigenvalue weighted by atomic mass is 10.1. The molecule has 0 aromatic heterocycles. The van der Waals surface area contributed by atoms with Gasteiger partial charge in [-0.05, 0) is 0 Å². The maximum absolute atomic E-state index is 12.2. The number of nitro groups is 1. The highest BCUT2D eigenvalue weighted by molar-refractivity contribution is 9.10. The van der Waals surface area contributed by atoms with E-state index in [1.165, 1.54) is 0 Å². The molecule has 8 heteroatoms. The van der Waals surface area contributed by atoms with Gasteiger partial charge in [-0.1, -0.05) is 0 Å². The number of nitrogens with zero attached hydrogens (tertiary/aromatic N) is 2. The first-order chi connectivity index (χ1) is 6.26. The van der Waals surface area contributed by atoms with E-state index in [-0.39, 0.29) is 0 Å². The third kappa shape index (κ3) is 2.11. The molecule has 0 spiro atoms. The molecule has 1 heterocycles. The van der Waals surface area contributed by atoms with Gasteiger partial charge in [0.1, 0.15) is 0 Å². The number of rotatable bonds is 1. The predicted octanol–water partition coefficient (Wildman–Crippen LogP) is 2.28. The molecular formula is C6H4BrF3N2O2. The van der Waals surface area contributed by atoms with Gasteiger partial charge in [0.25, 0.3) is 0 Å². The maximum Gasteiger partial charge on any atom is 0.414 e. The Labute approximate surface area is 84.8 Å². The second-order valence-electron chi connectivity index (χ2n) is 2.68. The van der Waals surface area contributed by atoms with E-state index in [0.29, 0.717) is 6.20 Å². The van der Waals surface area contributed by atoms with Crippen molar-refractivity contribution in [2.45, 2.75) is 17.0 Å². The van der Waals surface area contributed by atoms with Crippen LogP contribution >= 0.6 is 15.9 Å². The fourth-order valence-corrected chi connectivity index (χ4v) is 1.31. The molecule has 1 aliphatic rings. The summed E-state index contributed by atoms with van der Waals surface area (Å²) in [4.78, 5) is 12.8. The van der Waals surface area contributed by atoms with Crippen LogP contribution in [-0.2, 0) is 0 Å². The second-order valence-corrected chi connectivity index (χ2v) is 4.06. The number of halogens is 4. The first-order valence-corrected chi connectivity index (χ1v) is 4.19. The van der Waals surface area contributed by atoms with Gasteiger partial charge in [-0.15, -0.1) is 0 Å². The van der Waals surface area contributed by atoms with Crippen LogP contribution in [0.1, 0.15) is 6.42 Å². The van der Waals surface area contributed by atoms with Crippen molar-refractivity contribution in [2.75, 3.05) is 0 Å². The molecule has 1 aliphatic heterocycles. The molecule has 1 unspecified atom stereocenters. The molecule has 4 nitrogen and oxygen atoms in total. The van der Waals surface area contributed by atoms with Crippen LogP contribution in [0.4, 0.5) is 13.2 Å². The first-order valence-electron chi connectivity index (χ1n) is 3.40. The lowest BCUT2D eigenvalue weighted by Crippen LogP contribution is -2.37. The number of alkyl halides is 4. The molecule has 78 valence electrons. The molecule has 0 N–H and O–H groups in total. The summed E-state index contributed by atoms with van der Waals surface area (Å²) in [5.41, 5.74) is -1.02. The molecule has 0 aromatic rings. The topological polar surface area (TPSA) is 55.5 Å². The second kappa shape index (κ2) is 3.34. The fourth-order valence-electron chi connectivity index (χ4n) is 0.885. The average molecular weight is 273 g/mol. The van der Waals surface area contributed by atoms with Crippen LogP contribution in [0.5, 0.6) is 0 Å². The summed E-state index contributed by atoms with van der Waals surface area (Å²) in [7, 11) is 0. The van der Waals surface area contributed by atoms with Crippen LogP contribution in [0.15, 0.2) is 16.8 Å². The van der Waals surface area contributed by atoms with Crippen molar-refractivity contribution >= 4 is 22.1 Å². The Kier molecular flexibility index (Phi) is 2.66. The quantitative estimate of drug-likeness (QED) is 0.318. The van der Waals surface area contributed by atoms with Crippen molar-refractivity contribution in [2.24, 2.45) is 4.99 Å². The Balaban J connectivity index is 2.95.